The van der Waals surface area contributed by atoms with Gasteiger partial charge in [-0.05, 0) is 0 Å². The molecular weight excluding hydrogens is 520 g/mol. The summed E-state index contributed by atoms with van der Waals surface area (Å²) in [6.07, 6.45) is 0. The van der Waals surface area contributed by atoms with Crippen LogP contribution in [0.4, 0.5) is 0 Å². The first-order valence-electron chi connectivity index (χ1n) is 0.500. The van der Waals surface area contributed by atoms with Crippen LogP contribution in [0.25, 0.3) is 0 Å². The van der Waals surface area contributed by atoms with Crippen LogP contribution in [0, 0.1) is 56.1 Å². The summed E-state index contributed by atoms with van der Waals surface area (Å²) in [5.41, 5.74) is 0. The van der Waals surface area contributed by atoms with Gasteiger partial charge in [-0.3, -0.25) is 0 Å². The van der Waals surface area contributed by atoms with Gasteiger partial charge in [0, 0.05) is 0 Å². The third-order valence-electron chi connectivity index (χ3n) is 0.0278. The van der Waals surface area contributed by atoms with Gasteiger partial charge in [0.15, 0.2) is 0 Å². The average Bonchev–Trinajstić information content (AvgIpc) is 1.37. The van der Waals surface area contributed by atoms with Crippen molar-refractivity contribution in [3.63, 3.8) is 0 Å². The van der Waals surface area contributed by atoms with E-state index in [0.29, 0.717) is 0 Å². The summed E-state index contributed by atoms with van der Waals surface area (Å²) in [5.74, 6) is 0. The fourth-order valence-corrected chi connectivity index (χ4v) is 0. The molecule has 4 heteroatoms. The maximum absolute atomic E-state index is 4.23. The topological polar surface area (TPSA) is 18.5 Å². The second-order valence-electron chi connectivity index (χ2n) is 0.136. The molecule has 0 aromatic heterocycles. The Bertz CT molecular complexity index is 6.00. The molecule has 0 N–H and O–H groups in total. The quantitative estimate of drug-likeness (QED) is 0.355. The molecule has 0 saturated heterocycles. The average molecular weight is 520 g/mol. The molecule has 0 atom stereocenters. The van der Waals surface area contributed by atoms with Crippen LogP contribution in [-0.4, -0.2) is 0 Å². The van der Waals surface area contributed by atoms with Gasteiger partial charge in [-0.25, -0.2) is 0 Å². The summed E-state index contributed by atoms with van der Waals surface area (Å²) < 4.78 is 8.45. The second kappa shape index (κ2) is 4.89. The van der Waals surface area contributed by atoms with E-state index in [4.69, 9.17) is 0 Å². The monoisotopic (exact) mass is 508 g/mol. The normalized spacial score (nSPS) is 8.00. The zero-order chi connectivity index (χ0) is 3.41. The van der Waals surface area contributed by atoms with E-state index in [1.54, 1.807) is 0 Å². The number of hydrogen-bond acceptors (Lipinski definition) is 2. The first-order valence-corrected chi connectivity index (χ1v) is 3.28. The molecule has 0 aromatic rings. The molecule has 0 spiro atoms. The van der Waals surface area contributed by atoms with Crippen LogP contribution in [0.3, 0.4) is 0 Å². The van der Waals surface area contributed by atoms with Gasteiger partial charge in [0.1, 0.15) is 0 Å². The molecule has 0 aromatic carbocycles. The Labute approximate surface area is 60.4 Å². The van der Waals surface area contributed by atoms with Crippen molar-refractivity contribution < 1.29 is 61.3 Å². The van der Waals surface area contributed by atoms with E-state index >= 15 is 0 Å². The predicted molar refractivity (Wildman–Crippen MR) is 2.17 cm³/mol. The predicted octanol–water partition coefficient (Wildman–Crippen LogP) is -0.137. The Morgan fingerprint density at radius 1 is 1.00 bits per heavy atom. The van der Waals surface area contributed by atoms with E-state index in [1.165, 1.54) is 0 Å². The fraction of sp³-hybridized carbons (Fsp3) is 0. The van der Waals surface area contributed by atoms with Crippen molar-refractivity contribution >= 4 is 0 Å². The van der Waals surface area contributed by atoms with Crippen molar-refractivity contribution in [2.24, 2.45) is 0 Å². The molecule has 0 fully saturated rings. The molecule has 24 valence electrons. The molecule has 0 bridgehead atoms. The van der Waals surface area contributed by atoms with Gasteiger partial charge in [-0.1, -0.05) is 0 Å². The molecule has 0 radical (unpaired) electrons. The summed E-state index contributed by atoms with van der Waals surface area (Å²) in [7, 11) is 0. The van der Waals surface area contributed by atoms with Crippen LogP contribution in [0.15, 0.2) is 0 Å². The summed E-state index contributed by atoms with van der Waals surface area (Å²) in [6.45, 7) is 0. The van der Waals surface area contributed by atoms with E-state index < -0.39 is 0 Å². The molecule has 0 heterocycles. The molecule has 0 rings (SSSR count). The zero-order valence-electron chi connectivity index (χ0n) is 1.63. The summed E-state index contributed by atoms with van der Waals surface area (Å²) in [4.78, 5) is 0. The van der Waals surface area contributed by atoms with Gasteiger partial charge in [-0.2, -0.15) is 0 Å². The van der Waals surface area contributed by atoms with E-state index in [0.717, 1.165) is 56.1 Å². The van der Waals surface area contributed by atoms with E-state index in [-0.39, 0.29) is 0 Å². The molecule has 2 nitrogen and oxygen atoms in total. The van der Waals surface area contributed by atoms with Crippen molar-refractivity contribution in [3.8, 4) is 0 Å². The molecular formula is O2Pu2. The van der Waals surface area contributed by atoms with E-state index in [2.05, 4.69) is 5.24 Å². The Morgan fingerprint density at radius 3 is 1.25 bits per heavy atom. The van der Waals surface area contributed by atoms with Gasteiger partial charge in [0.05, 0.1) is 0 Å². The van der Waals surface area contributed by atoms with Crippen molar-refractivity contribution in [2.75, 3.05) is 0 Å². The third-order valence-corrected chi connectivity index (χ3v) is 2.42. The van der Waals surface area contributed by atoms with Crippen molar-refractivity contribution in [1.82, 2.24) is 0 Å². The minimum absolute atomic E-state index is 0.764. The van der Waals surface area contributed by atoms with Gasteiger partial charge in [0.25, 0.3) is 0 Å². The molecule has 0 aliphatic heterocycles. The van der Waals surface area contributed by atoms with Crippen molar-refractivity contribution in [2.45, 2.75) is 0 Å². The summed E-state index contributed by atoms with van der Waals surface area (Å²) in [6, 6.07) is 0. The standard InChI is InChI=1S/O2.2Pu/c1-2;;/q-2;2*+1. The number of rotatable bonds is 1. The molecule has 0 aliphatic rings. The third kappa shape index (κ3) is 3.89. The fourth-order valence-electron chi connectivity index (χ4n) is 0. The van der Waals surface area contributed by atoms with Gasteiger partial charge >= 0.3 is 61.3 Å². The van der Waals surface area contributed by atoms with Gasteiger partial charge < -0.3 is 0 Å². The zero-order valence-corrected chi connectivity index (χ0v) is 8.43. The Hall–Kier alpha value is 1.89. The molecule has 0 aliphatic carbocycles. The Morgan fingerprint density at radius 2 is 1.25 bits per heavy atom. The van der Waals surface area contributed by atoms with Gasteiger partial charge in [0.2, 0.25) is 0 Å². The van der Waals surface area contributed by atoms with E-state index in [9.17, 15) is 0 Å². The van der Waals surface area contributed by atoms with Crippen LogP contribution >= 0.6 is 0 Å². The molecule has 0 saturated carbocycles. The second-order valence-corrected chi connectivity index (χ2v) is 1.27. The van der Waals surface area contributed by atoms with Crippen molar-refractivity contribution in [1.29, 1.82) is 0 Å². The van der Waals surface area contributed by atoms with Crippen LogP contribution in [0.1, 0.15) is 0 Å². The van der Waals surface area contributed by atoms with Crippen LogP contribution in [0.5, 0.6) is 0 Å². The molecule has 4 heavy (non-hydrogen) atoms. The maximum atomic E-state index is 4.23. The summed E-state index contributed by atoms with van der Waals surface area (Å²) in [5, 5.41) is 0. The van der Waals surface area contributed by atoms with Gasteiger partial charge in [-0.15, -0.1) is 0 Å². The molecule has 0 amide bonds. The van der Waals surface area contributed by atoms with Crippen molar-refractivity contribution in [3.05, 3.63) is 0 Å². The van der Waals surface area contributed by atoms with E-state index in [1.807, 2.05) is 0 Å². The number of hydrogen-bond donors (Lipinski definition) is 0. The SMILES string of the molecule is [Pu][O][O][Pu]. The van der Waals surface area contributed by atoms with Crippen LogP contribution in [0.2, 0.25) is 0 Å². The Balaban J connectivity index is 1.97. The summed E-state index contributed by atoms with van der Waals surface area (Å²) >= 11 is 1.53. The first kappa shape index (κ1) is 5.89. The Kier molecular flexibility index (Phi) is 7.21. The molecule has 0 unspecified atom stereocenters. The minimum atomic E-state index is 0.764. The van der Waals surface area contributed by atoms with Crippen LogP contribution < -0.4 is 0 Å². The van der Waals surface area contributed by atoms with Crippen LogP contribution in [-0.2, 0) is 5.24 Å². The first-order chi connectivity index (χ1) is 1.91.